The Morgan fingerprint density at radius 3 is 2.67 bits per heavy atom. The van der Waals surface area contributed by atoms with E-state index in [1.807, 2.05) is 24.3 Å². The quantitative estimate of drug-likeness (QED) is 0.723. The van der Waals surface area contributed by atoms with Crippen LogP contribution in [0.2, 0.25) is 0 Å². The Kier molecular flexibility index (Phi) is 4.82. The zero-order chi connectivity index (χ0) is 12.8. The minimum atomic E-state index is 0.754. The van der Waals surface area contributed by atoms with E-state index in [2.05, 4.69) is 47.1 Å². The van der Waals surface area contributed by atoms with Crippen molar-refractivity contribution in [3.05, 3.63) is 64.1 Å². The molecule has 0 amide bonds. The lowest BCUT2D eigenvalue weighted by Crippen LogP contribution is -1.99. The van der Waals surface area contributed by atoms with Crippen LogP contribution in [0, 0.1) is 6.92 Å². The third-order valence-electron chi connectivity index (χ3n) is 2.76. The van der Waals surface area contributed by atoms with E-state index in [9.17, 15) is 0 Å². The first-order valence-corrected chi connectivity index (χ1v) is 6.97. The molecule has 2 aromatic rings. The lowest BCUT2D eigenvalue weighted by molar-refractivity contribution is 0.311. The monoisotopic (exact) mass is 304 g/mol. The molecule has 0 fully saturated rings. The molecule has 0 saturated heterocycles. The molecule has 0 saturated carbocycles. The minimum absolute atomic E-state index is 0.754. The van der Waals surface area contributed by atoms with Gasteiger partial charge in [0.25, 0.3) is 0 Å². The van der Waals surface area contributed by atoms with Crippen molar-refractivity contribution in [1.29, 1.82) is 0 Å². The van der Waals surface area contributed by atoms with Gasteiger partial charge in [-0.1, -0.05) is 51.8 Å². The molecule has 18 heavy (non-hydrogen) atoms. The highest BCUT2D eigenvalue weighted by Gasteiger charge is 1.96. The fourth-order valence-electron chi connectivity index (χ4n) is 1.89. The maximum Gasteiger partial charge on any atom is 0.120 e. The molecular weight excluding hydrogens is 288 g/mol. The van der Waals surface area contributed by atoms with E-state index in [0.717, 1.165) is 29.7 Å². The summed E-state index contributed by atoms with van der Waals surface area (Å²) in [5.41, 5.74) is 2.70. The molecule has 0 unspecified atom stereocenters. The van der Waals surface area contributed by atoms with Crippen molar-refractivity contribution < 1.29 is 4.74 Å². The van der Waals surface area contributed by atoms with Crippen molar-refractivity contribution in [2.75, 3.05) is 6.61 Å². The number of halogens is 1. The van der Waals surface area contributed by atoms with Crippen LogP contribution in [0.5, 0.6) is 5.75 Å². The van der Waals surface area contributed by atoms with Crippen molar-refractivity contribution >= 4 is 15.9 Å². The van der Waals surface area contributed by atoms with E-state index in [0.29, 0.717) is 0 Å². The van der Waals surface area contributed by atoms with E-state index >= 15 is 0 Å². The predicted molar refractivity (Wildman–Crippen MR) is 79.1 cm³/mol. The molecule has 0 heterocycles. The van der Waals surface area contributed by atoms with Crippen LogP contribution in [0.3, 0.4) is 0 Å². The second-order valence-electron chi connectivity index (χ2n) is 4.40. The van der Waals surface area contributed by atoms with Crippen LogP contribution >= 0.6 is 15.9 Å². The Morgan fingerprint density at radius 1 is 1.06 bits per heavy atom. The van der Waals surface area contributed by atoms with Gasteiger partial charge in [0.2, 0.25) is 0 Å². The summed E-state index contributed by atoms with van der Waals surface area (Å²) < 4.78 is 6.76. The Balaban J connectivity index is 1.76. The van der Waals surface area contributed by atoms with Gasteiger partial charge in [-0.25, -0.2) is 0 Å². The highest BCUT2D eigenvalue weighted by atomic mass is 79.9. The largest absolute Gasteiger partial charge is 0.494 e. The van der Waals surface area contributed by atoms with E-state index in [1.165, 1.54) is 11.1 Å². The average molecular weight is 305 g/mol. The van der Waals surface area contributed by atoms with Gasteiger partial charge in [0.05, 0.1) is 6.61 Å². The molecule has 2 aromatic carbocycles. The second-order valence-corrected chi connectivity index (χ2v) is 5.31. The Morgan fingerprint density at radius 2 is 1.89 bits per heavy atom. The molecule has 94 valence electrons. The van der Waals surface area contributed by atoms with Gasteiger partial charge in [0.15, 0.2) is 0 Å². The van der Waals surface area contributed by atoms with Crippen LogP contribution in [0.1, 0.15) is 17.5 Å². The molecule has 0 radical (unpaired) electrons. The lowest BCUT2D eigenvalue weighted by Gasteiger charge is -2.07. The summed E-state index contributed by atoms with van der Waals surface area (Å²) in [6, 6.07) is 16.6. The van der Waals surface area contributed by atoms with Crippen LogP contribution in [0.15, 0.2) is 53.0 Å². The normalized spacial score (nSPS) is 10.3. The highest BCUT2D eigenvalue weighted by Crippen LogP contribution is 2.18. The smallest absolute Gasteiger partial charge is 0.120 e. The number of hydrogen-bond acceptors (Lipinski definition) is 1. The number of rotatable bonds is 5. The molecule has 0 N–H and O–H groups in total. The number of benzene rings is 2. The van der Waals surface area contributed by atoms with Crippen molar-refractivity contribution in [3.8, 4) is 5.75 Å². The minimum Gasteiger partial charge on any atom is -0.494 e. The topological polar surface area (TPSA) is 9.23 Å². The third-order valence-corrected chi connectivity index (χ3v) is 3.25. The molecule has 0 spiro atoms. The fraction of sp³-hybridized carbons (Fsp3) is 0.250. The van der Waals surface area contributed by atoms with Crippen LogP contribution in [0.25, 0.3) is 0 Å². The van der Waals surface area contributed by atoms with Crippen LogP contribution in [0.4, 0.5) is 0 Å². The lowest BCUT2D eigenvalue weighted by atomic mass is 10.1. The van der Waals surface area contributed by atoms with Gasteiger partial charge in [-0.3, -0.25) is 0 Å². The summed E-state index contributed by atoms with van der Waals surface area (Å²) in [5, 5.41) is 0. The average Bonchev–Trinajstić information content (AvgIpc) is 2.35. The molecule has 0 aliphatic carbocycles. The van der Waals surface area contributed by atoms with Gasteiger partial charge in [-0.15, -0.1) is 0 Å². The molecule has 2 rings (SSSR count). The zero-order valence-electron chi connectivity index (χ0n) is 10.5. The summed E-state index contributed by atoms with van der Waals surface area (Å²) in [5.74, 6) is 0.925. The van der Waals surface area contributed by atoms with Crippen molar-refractivity contribution in [2.45, 2.75) is 19.8 Å². The summed E-state index contributed by atoms with van der Waals surface area (Å²) in [6.07, 6.45) is 2.10. The standard InChI is InChI=1S/C16H17BrO/c1-13-5-2-6-14(11-13)7-4-10-18-16-9-3-8-15(17)12-16/h2-3,5-6,8-9,11-12H,4,7,10H2,1H3. The molecule has 0 aliphatic rings. The molecular formula is C16H17BrO. The van der Waals surface area contributed by atoms with Crippen LogP contribution in [-0.2, 0) is 6.42 Å². The van der Waals surface area contributed by atoms with Crippen LogP contribution in [-0.4, -0.2) is 6.61 Å². The van der Waals surface area contributed by atoms with E-state index in [4.69, 9.17) is 4.74 Å². The van der Waals surface area contributed by atoms with E-state index in [-0.39, 0.29) is 0 Å². The SMILES string of the molecule is Cc1cccc(CCCOc2cccc(Br)c2)c1. The number of aryl methyl sites for hydroxylation is 2. The zero-order valence-corrected chi connectivity index (χ0v) is 12.1. The molecule has 0 aliphatic heterocycles. The number of ether oxygens (including phenoxy) is 1. The maximum absolute atomic E-state index is 5.71. The van der Waals surface area contributed by atoms with Crippen molar-refractivity contribution in [1.82, 2.24) is 0 Å². The van der Waals surface area contributed by atoms with Gasteiger partial charge >= 0.3 is 0 Å². The first-order valence-electron chi connectivity index (χ1n) is 6.18. The van der Waals surface area contributed by atoms with Crippen molar-refractivity contribution in [3.63, 3.8) is 0 Å². The second kappa shape index (κ2) is 6.60. The predicted octanol–water partition coefficient (Wildman–Crippen LogP) is 4.77. The third kappa shape index (κ3) is 4.19. The fourth-order valence-corrected chi connectivity index (χ4v) is 2.27. The molecule has 0 aromatic heterocycles. The first-order chi connectivity index (χ1) is 8.74. The van der Waals surface area contributed by atoms with E-state index in [1.54, 1.807) is 0 Å². The van der Waals surface area contributed by atoms with Gasteiger partial charge in [-0.05, 0) is 43.5 Å². The Labute approximate surface area is 117 Å². The summed E-state index contributed by atoms with van der Waals surface area (Å²) in [4.78, 5) is 0. The first kappa shape index (κ1) is 13.2. The molecule has 0 atom stereocenters. The molecule has 1 nitrogen and oxygen atoms in total. The van der Waals surface area contributed by atoms with E-state index < -0.39 is 0 Å². The maximum atomic E-state index is 5.71. The van der Waals surface area contributed by atoms with Gasteiger partial charge in [0.1, 0.15) is 5.75 Å². The van der Waals surface area contributed by atoms with Gasteiger partial charge in [-0.2, -0.15) is 0 Å². The molecule has 0 bridgehead atoms. The Hall–Kier alpha value is -1.28. The van der Waals surface area contributed by atoms with Crippen molar-refractivity contribution in [2.24, 2.45) is 0 Å². The highest BCUT2D eigenvalue weighted by molar-refractivity contribution is 9.10. The summed E-state index contributed by atoms with van der Waals surface area (Å²) in [7, 11) is 0. The molecule has 2 heteroatoms. The number of hydrogen-bond donors (Lipinski definition) is 0. The summed E-state index contributed by atoms with van der Waals surface area (Å²) in [6.45, 7) is 2.88. The Bertz CT molecular complexity index is 460. The summed E-state index contributed by atoms with van der Waals surface area (Å²) >= 11 is 3.44. The van der Waals surface area contributed by atoms with Gasteiger partial charge in [0, 0.05) is 4.47 Å². The van der Waals surface area contributed by atoms with Crippen LogP contribution < -0.4 is 4.74 Å². The van der Waals surface area contributed by atoms with Gasteiger partial charge < -0.3 is 4.74 Å².